The molecule has 3 aromatic rings. The highest BCUT2D eigenvalue weighted by Gasteiger charge is 2.07. The fraction of sp³-hybridized carbons (Fsp3) is 0.190. The monoisotopic (exact) mass is 365 g/mol. The molecular formula is C21H20FN3O2. The average Bonchev–Trinajstić information content (AvgIpc) is 2.61. The molecule has 0 atom stereocenters. The first kappa shape index (κ1) is 18.5. The van der Waals surface area contributed by atoms with E-state index in [0.717, 1.165) is 16.8 Å². The Morgan fingerprint density at radius 2 is 1.81 bits per heavy atom. The highest BCUT2D eigenvalue weighted by Crippen LogP contribution is 2.22. The van der Waals surface area contributed by atoms with E-state index in [9.17, 15) is 14.0 Å². The Kier molecular flexibility index (Phi) is 5.45. The van der Waals surface area contributed by atoms with Gasteiger partial charge in [-0.25, -0.2) is 9.18 Å². The molecule has 1 amide bonds. The number of aryl methyl sites for hydroxylation is 2. The number of hydrogen-bond donors (Lipinski definition) is 1. The van der Waals surface area contributed by atoms with Crippen molar-refractivity contribution >= 4 is 11.6 Å². The van der Waals surface area contributed by atoms with E-state index in [-0.39, 0.29) is 30.4 Å². The molecule has 0 aliphatic heterocycles. The summed E-state index contributed by atoms with van der Waals surface area (Å²) in [4.78, 5) is 28.0. The lowest BCUT2D eigenvalue weighted by molar-refractivity contribution is -0.116. The lowest BCUT2D eigenvalue weighted by Crippen LogP contribution is -2.27. The normalized spacial score (nSPS) is 10.6. The van der Waals surface area contributed by atoms with Gasteiger partial charge in [0.25, 0.3) is 0 Å². The van der Waals surface area contributed by atoms with Crippen LogP contribution < -0.4 is 11.0 Å². The van der Waals surface area contributed by atoms with Crippen LogP contribution in [0.4, 0.5) is 10.1 Å². The second-order valence-corrected chi connectivity index (χ2v) is 6.36. The molecule has 0 radical (unpaired) electrons. The minimum Gasteiger partial charge on any atom is -0.326 e. The van der Waals surface area contributed by atoms with Crippen molar-refractivity contribution in [2.75, 3.05) is 5.32 Å². The molecule has 3 rings (SSSR count). The average molecular weight is 365 g/mol. The van der Waals surface area contributed by atoms with Crippen molar-refractivity contribution in [3.63, 3.8) is 0 Å². The molecule has 1 aromatic heterocycles. The summed E-state index contributed by atoms with van der Waals surface area (Å²) in [6.07, 6.45) is 0.164. The molecule has 2 aromatic carbocycles. The number of amides is 1. The number of carbonyl (C=O) groups excluding carboxylic acids is 1. The zero-order valence-corrected chi connectivity index (χ0v) is 15.2. The third-order valence-electron chi connectivity index (χ3n) is 4.24. The maximum Gasteiger partial charge on any atom is 0.347 e. The maximum absolute atomic E-state index is 13.3. The zero-order valence-electron chi connectivity index (χ0n) is 15.2. The van der Waals surface area contributed by atoms with Gasteiger partial charge in [0.05, 0.1) is 0 Å². The van der Waals surface area contributed by atoms with Crippen molar-refractivity contribution in [1.29, 1.82) is 0 Å². The molecule has 0 spiro atoms. The number of carbonyl (C=O) groups is 1. The Balaban J connectivity index is 1.62. The summed E-state index contributed by atoms with van der Waals surface area (Å²) in [6, 6.07) is 15.3. The standard InChI is InChI=1S/C21H20FN3O2/c1-14-12-15(2)25(21(27)23-14)11-10-20(26)24-19-8-6-16(7-9-19)17-4-3-5-18(22)13-17/h3-9,12-13H,10-11H2,1-2H3,(H,24,26). The fourth-order valence-corrected chi connectivity index (χ4v) is 2.90. The van der Waals surface area contributed by atoms with Crippen LogP contribution in [0, 0.1) is 19.7 Å². The van der Waals surface area contributed by atoms with Gasteiger partial charge in [0.2, 0.25) is 5.91 Å². The largest absolute Gasteiger partial charge is 0.347 e. The van der Waals surface area contributed by atoms with Crippen LogP contribution in [0.15, 0.2) is 59.4 Å². The Morgan fingerprint density at radius 3 is 2.48 bits per heavy atom. The van der Waals surface area contributed by atoms with Gasteiger partial charge >= 0.3 is 5.69 Å². The zero-order chi connectivity index (χ0) is 19.4. The number of aromatic nitrogens is 2. The summed E-state index contributed by atoms with van der Waals surface area (Å²) in [7, 11) is 0. The van der Waals surface area contributed by atoms with Crippen LogP contribution in [-0.4, -0.2) is 15.5 Å². The quantitative estimate of drug-likeness (QED) is 0.750. The maximum atomic E-state index is 13.3. The highest BCUT2D eigenvalue weighted by molar-refractivity contribution is 5.90. The minimum atomic E-state index is -0.347. The van der Waals surface area contributed by atoms with Crippen LogP contribution in [0.5, 0.6) is 0 Å². The Bertz CT molecular complexity index is 1030. The van der Waals surface area contributed by atoms with Gasteiger partial charge in [0.15, 0.2) is 0 Å². The highest BCUT2D eigenvalue weighted by atomic mass is 19.1. The van der Waals surface area contributed by atoms with Crippen LogP contribution in [0.2, 0.25) is 0 Å². The lowest BCUT2D eigenvalue weighted by atomic mass is 10.1. The number of halogens is 1. The summed E-state index contributed by atoms with van der Waals surface area (Å²) in [6.45, 7) is 3.85. The van der Waals surface area contributed by atoms with Crippen molar-refractivity contribution < 1.29 is 9.18 Å². The van der Waals surface area contributed by atoms with E-state index in [4.69, 9.17) is 0 Å². The molecule has 0 saturated heterocycles. The molecule has 5 nitrogen and oxygen atoms in total. The van der Waals surface area contributed by atoms with Gasteiger partial charge in [-0.15, -0.1) is 0 Å². The Morgan fingerprint density at radius 1 is 1.07 bits per heavy atom. The van der Waals surface area contributed by atoms with Gasteiger partial charge in [0, 0.05) is 30.0 Å². The molecule has 0 saturated carbocycles. The minimum absolute atomic E-state index is 0.164. The fourth-order valence-electron chi connectivity index (χ4n) is 2.90. The van der Waals surface area contributed by atoms with Crippen molar-refractivity contribution in [1.82, 2.24) is 9.55 Å². The number of hydrogen-bond acceptors (Lipinski definition) is 3. The Hall–Kier alpha value is -3.28. The second kappa shape index (κ2) is 7.95. The van der Waals surface area contributed by atoms with Crippen LogP contribution in [0.1, 0.15) is 17.8 Å². The van der Waals surface area contributed by atoms with E-state index in [0.29, 0.717) is 11.4 Å². The van der Waals surface area contributed by atoms with Gasteiger partial charge in [-0.3, -0.25) is 9.36 Å². The van der Waals surface area contributed by atoms with Gasteiger partial charge < -0.3 is 5.32 Å². The van der Waals surface area contributed by atoms with Gasteiger partial charge in [0.1, 0.15) is 5.82 Å². The van der Waals surface area contributed by atoms with E-state index < -0.39 is 0 Å². The van der Waals surface area contributed by atoms with Crippen molar-refractivity contribution in [3.8, 4) is 11.1 Å². The molecule has 27 heavy (non-hydrogen) atoms. The molecule has 1 heterocycles. The van der Waals surface area contributed by atoms with E-state index in [1.807, 2.05) is 31.2 Å². The lowest BCUT2D eigenvalue weighted by Gasteiger charge is -2.10. The topological polar surface area (TPSA) is 64.0 Å². The van der Waals surface area contributed by atoms with E-state index in [1.165, 1.54) is 16.7 Å². The SMILES string of the molecule is Cc1cc(C)n(CCC(=O)Nc2ccc(-c3cccc(F)c3)cc2)c(=O)n1. The molecular weight excluding hydrogens is 345 g/mol. The van der Waals surface area contributed by atoms with Gasteiger partial charge in [-0.1, -0.05) is 24.3 Å². The van der Waals surface area contributed by atoms with Crippen LogP contribution >= 0.6 is 0 Å². The molecule has 0 aliphatic carbocycles. The number of benzene rings is 2. The summed E-state index contributed by atoms with van der Waals surface area (Å²) in [5.41, 5.74) is 3.37. The summed E-state index contributed by atoms with van der Waals surface area (Å²) >= 11 is 0. The summed E-state index contributed by atoms with van der Waals surface area (Å²) in [5.74, 6) is -0.485. The molecule has 1 N–H and O–H groups in total. The predicted molar refractivity (Wildman–Crippen MR) is 103 cm³/mol. The van der Waals surface area contributed by atoms with Crippen molar-refractivity contribution in [2.24, 2.45) is 0 Å². The third-order valence-corrected chi connectivity index (χ3v) is 4.24. The first-order chi connectivity index (χ1) is 12.9. The molecule has 0 aliphatic rings. The van der Waals surface area contributed by atoms with Gasteiger partial charge in [-0.05, 0) is 55.3 Å². The van der Waals surface area contributed by atoms with Gasteiger partial charge in [-0.2, -0.15) is 4.98 Å². The Labute approximate surface area is 156 Å². The number of nitrogens with zero attached hydrogens (tertiary/aromatic N) is 2. The molecule has 0 unspecified atom stereocenters. The van der Waals surface area contributed by atoms with Crippen molar-refractivity contribution in [2.45, 2.75) is 26.8 Å². The predicted octanol–water partition coefficient (Wildman–Crippen LogP) is 3.70. The summed E-state index contributed by atoms with van der Waals surface area (Å²) < 4.78 is 14.8. The van der Waals surface area contributed by atoms with E-state index in [2.05, 4.69) is 10.3 Å². The van der Waals surface area contributed by atoms with Crippen LogP contribution in [0.3, 0.4) is 0 Å². The summed E-state index contributed by atoms with van der Waals surface area (Å²) in [5, 5.41) is 2.80. The van der Waals surface area contributed by atoms with Crippen LogP contribution in [-0.2, 0) is 11.3 Å². The van der Waals surface area contributed by atoms with Crippen LogP contribution in [0.25, 0.3) is 11.1 Å². The van der Waals surface area contributed by atoms with E-state index >= 15 is 0 Å². The molecule has 138 valence electrons. The smallest absolute Gasteiger partial charge is 0.326 e. The molecule has 0 fully saturated rings. The first-order valence-corrected chi connectivity index (χ1v) is 8.63. The number of rotatable bonds is 5. The number of nitrogens with one attached hydrogen (secondary N) is 1. The number of anilines is 1. The third kappa shape index (κ3) is 4.67. The molecule has 6 heteroatoms. The molecule has 0 bridgehead atoms. The van der Waals surface area contributed by atoms with Crippen molar-refractivity contribution in [3.05, 3.63) is 82.3 Å². The van der Waals surface area contributed by atoms with E-state index in [1.54, 1.807) is 25.1 Å². The second-order valence-electron chi connectivity index (χ2n) is 6.36. The first-order valence-electron chi connectivity index (χ1n) is 8.63.